The summed E-state index contributed by atoms with van der Waals surface area (Å²) in [6, 6.07) is 21.1. The standard InChI is InChI=1S/C22H18BrN5OS/c1-15(21(29)25-18-9-7-17(23)8-10-18)30-22-27-26-20(16-11-13-24-14-12-16)28(22)19-5-3-2-4-6-19/h2-15H,1H3,(H,25,29)/t15-/m1/s1. The Morgan fingerprint density at radius 2 is 1.70 bits per heavy atom. The van der Waals surface area contributed by atoms with Gasteiger partial charge in [-0.2, -0.15) is 0 Å². The first-order valence-electron chi connectivity index (χ1n) is 9.26. The predicted octanol–water partition coefficient (Wildman–Crippen LogP) is 5.21. The lowest BCUT2D eigenvalue weighted by molar-refractivity contribution is -0.115. The van der Waals surface area contributed by atoms with E-state index < -0.39 is 0 Å². The van der Waals surface area contributed by atoms with Crippen molar-refractivity contribution in [1.29, 1.82) is 0 Å². The first-order chi connectivity index (χ1) is 14.6. The van der Waals surface area contributed by atoms with Gasteiger partial charge in [0.15, 0.2) is 11.0 Å². The fraction of sp³-hybridized carbons (Fsp3) is 0.0909. The highest BCUT2D eigenvalue weighted by molar-refractivity contribution is 9.10. The van der Waals surface area contributed by atoms with Crippen LogP contribution in [0.1, 0.15) is 6.92 Å². The van der Waals surface area contributed by atoms with Gasteiger partial charge in [-0.15, -0.1) is 10.2 Å². The number of halogens is 1. The minimum atomic E-state index is -0.370. The van der Waals surface area contributed by atoms with Gasteiger partial charge in [0.2, 0.25) is 5.91 Å². The van der Waals surface area contributed by atoms with Crippen molar-refractivity contribution in [3.05, 3.63) is 83.6 Å². The number of nitrogens with one attached hydrogen (secondary N) is 1. The summed E-state index contributed by atoms with van der Waals surface area (Å²) in [5.41, 5.74) is 2.58. The van der Waals surface area contributed by atoms with Gasteiger partial charge < -0.3 is 5.32 Å². The van der Waals surface area contributed by atoms with Crippen molar-refractivity contribution in [2.75, 3.05) is 5.32 Å². The van der Waals surface area contributed by atoms with E-state index in [9.17, 15) is 4.79 Å². The highest BCUT2D eigenvalue weighted by Crippen LogP contribution is 2.30. The van der Waals surface area contributed by atoms with Crippen molar-refractivity contribution < 1.29 is 4.79 Å². The molecule has 0 aliphatic carbocycles. The van der Waals surface area contributed by atoms with Crippen LogP contribution >= 0.6 is 27.7 Å². The smallest absolute Gasteiger partial charge is 0.237 e. The van der Waals surface area contributed by atoms with Gasteiger partial charge in [0.25, 0.3) is 0 Å². The Bertz CT molecular complexity index is 1130. The molecule has 0 spiro atoms. The molecule has 2 aromatic carbocycles. The monoisotopic (exact) mass is 479 g/mol. The van der Waals surface area contributed by atoms with Gasteiger partial charge in [0.05, 0.1) is 5.25 Å². The van der Waals surface area contributed by atoms with Crippen LogP contribution in [-0.4, -0.2) is 30.9 Å². The van der Waals surface area contributed by atoms with E-state index in [1.54, 1.807) is 12.4 Å². The number of para-hydroxylation sites is 1. The third-order valence-electron chi connectivity index (χ3n) is 4.35. The average molecular weight is 480 g/mol. The number of hydrogen-bond donors (Lipinski definition) is 1. The van der Waals surface area contributed by atoms with Crippen LogP contribution in [0.2, 0.25) is 0 Å². The van der Waals surface area contributed by atoms with Crippen molar-refractivity contribution in [2.45, 2.75) is 17.3 Å². The summed E-state index contributed by atoms with van der Waals surface area (Å²) in [4.78, 5) is 16.8. The van der Waals surface area contributed by atoms with Crippen molar-refractivity contribution >= 4 is 39.3 Å². The SMILES string of the molecule is C[C@@H](Sc1nnc(-c2ccncc2)n1-c1ccccc1)C(=O)Nc1ccc(Br)cc1. The first-order valence-corrected chi connectivity index (χ1v) is 10.9. The lowest BCUT2D eigenvalue weighted by Gasteiger charge is -2.14. The number of hydrogen-bond acceptors (Lipinski definition) is 5. The molecule has 0 saturated heterocycles. The number of pyridine rings is 1. The van der Waals surface area contributed by atoms with Crippen LogP contribution in [0.4, 0.5) is 5.69 Å². The van der Waals surface area contributed by atoms with E-state index in [0.29, 0.717) is 11.0 Å². The van der Waals surface area contributed by atoms with E-state index in [2.05, 4.69) is 36.4 Å². The fourth-order valence-electron chi connectivity index (χ4n) is 2.83. The molecule has 0 saturated carbocycles. The molecule has 0 aliphatic rings. The molecule has 8 heteroatoms. The zero-order chi connectivity index (χ0) is 20.9. The topological polar surface area (TPSA) is 72.7 Å². The number of carbonyl (C=O) groups is 1. The number of benzene rings is 2. The second-order valence-electron chi connectivity index (χ2n) is 6.47. The Hall–Kier alpha value is -2.97. The molecule has 0 radical (unpaired) electrons. The summed E-state index contributed by atoms with van der Waals surface area (Å²) in [5.74, 6) is 0.599. The molecule has 6 nitrogen and oxygen atoms in total. The highest BCUT2D eigenvalue weighted by atomic mass is 79.9. The number of thioether (sulfide) groups is 1. The van der Waals surface area contributed by atoms with E-state index >= 15 is 0 Å². The van der Waals surface area contributed by atoms with Crippen LogP contribution < -0.4 is 5.32 Å². The summed E-state index contributed by atoms with van der Waals surface area (Å²) in [6.45, 7) is 1.86. The summed E-state index contributed by atoms with van der Waals surface area (Å²) in [7, 11) is 0. The molecule has 0 bridgehead atoms. The van der Waals surface area contributed by atoms with Crippen molar-refractivity contribution in [3.63, 3.8) is 0 Å². The van der Waals surface area contributed by atoms with Crippen LogP contribution in [-0.2, 0) is 4.79 Å². The predicted molar refractivity (Wildman–Crippen MR) is 123 cm³/mol. The molecular formula is C22H18BrN5OS. The average Bonchev–Trinajstić information content (AvgIpc) is 3.20. The Balaban J connectivity index is 1.61. The maximum Gasteiger partial charge on any atom is 0.237 e. The van der Waals surface area contributed by atoms with Gasteiger partial charge >= 0.3 is 0 Å². The molecular weight excluding hydrogens is 462 g/mol. The van der Waals surface area contributed by atoms with Crippen LogP contribution in [0.25, 0.3) is 17.1 Å². The second-order valence-corrected chi connectivity index (χ2v) is 8.69. The number of carbonyl (C=O) groups excluding carboxylic acids is 1. The van der Waals surface area contributed by atoms with E-state index in [0.717, 1.165) is 21.4 Å². The van der Waals surface area contributed by atoms with E-state index in [1.165, 1.54) is 11.8 Å². The molecule has 1 N–H and O–H groups in total. The molecule has 0 fully saturated rings. The molecule has 4 aromatic rings. The van der Waals surface area contributed by atoms with Crippen LogP contribution in [0.5, 0.6) is 0 Å². The van der Waals surface area contributed by atoms with Gasteiger partial charge in [-0.05, 0) is 55.5 Å². The zero-order valence-electron chi connectivity index (χ0n) is 16.1. The number of amides is 1. The molecule has 30 heavy (non-hydrogen) atoms. The maximum atomic E-state index is 12.7. The number of rotatable bonds is 6. The summed E-state index contributed by atoms with van der Waals surface area (Å²) >= 11 is 4.76. The third-order valence-corrected chi connectivity index (χ3v) is 5.92. The Kier molecular flexibility index (Phi) is 6.25. The molecule has 0 unspecified atom stereocenters. The van der Waals surface area contributed by atoms with Gasteiger partial charge in [0, 0.05) is 33.8 Å². The first kappa shape index (κ1) is 20.3. The van der Waals surface area contributed by atoms with E-state index in [-0.39, 0.29) is 11.2 Å². The summed E-state index contributed by atoms with van der Waals surface area (Å²) in [6.07, 6.45) is 3.45. The summed E-state index contributed by atoms with van der Waals surface area (Å²) < 4.78 is 2.92. The third kappa shape index (κ3) is 4.60. The molecule has 150 valence electrons. The molecule has 1 amide bonds. The Labute approximate surface area is 186 Å². The minimum Gasteiger partial charge on any atom is -0.325 e. The second kappa shape index (κ2) is 9.23. The lowest BCUT2D eigenvalue weighted by atomic mass is 10.2. The highest BCUT2D eigenvalue weighted by Gasteiger charge is 2.22. The minimum absolute atomic E-state index is 0.101. The van der Waals surface area contributed by atoms with Gasteiger partial charge in [-0.1, -0.05) is 45.9 Å². The quantitative estimate of drug-likeness (QED) is 0.384. The van der Waals surface area contributed by atoms with Crippen LogP contribution in [0, 0.1) is 0 Å². The lowest BCUT2D eigenvalue weighted by Crippen LogP contribution is -2.22. The number of anilines is 1. The van der Waals surface area contributed by atoms with Crippen molar-refractivity contribution in [1.82, 2.24) is 19.7 Å². The maximum absolute atomic E-state index is 12.7. The van der Waals surface area contributed by atoms with Crippen molar-refractivity contribution in [2.24, 2.45) is 0 Å². The Morgan fingerprint density at radius 3 is 2.40 bits per heavy atom. The molecule has 1 atom stereocenters. The normalized spacial score (nSPS) is 11.8. The van der Waals surface area contributed by atoms with E-state index in [4.69, 9.17) is 0 Å². The number of nitrogens with zero attached hydrogens (tertiary/aromatic N) is 4. The Morgan fingerprint density at radius 1 is 1.00 bits per heavy atom. The molecule has 4 rings (SSSR count). The molecule has 2 heterocycles. The largest absolute Gasteiger partial charge is 0.325 e. The molecule has 0 aliphatic heterocycles. The fourth-order valence-corrected chi connectivity index (χ4v) is 3.96. The summed E-state index contributed by atoms with van der Waals surface area (Å²) in [5, 5.41) is 12.0. The van der Waals surface area contributed by atoms with Gasteiger partial charge in [0.1, 0.15) is 0 Å². The van der Waals surface area contributed by atoms with Crippen LogP contribution in [0.15, 0.2) is 88.8 Å². The van der Waals surface area contributed by atoms with Gasteiger partial charge in [-0.25, -0.2) is 0 Å². The number of aromatic nitrogens is 4. The van der Waals surface area contributed by atoms with Crippen molar-refractivity contribution in [3.8, 4) is 17.1 Å². The molecule has 2 aromatic heterocycles. The van der Waals surface area contributed by atoms with E-state index in [1.807, 2.05) is 78.2 Å². The van der Waals surface area contributed by atoms with Gasteiger partial charge in [-0.3, -0.25) is 14.3 Å². The zero-order valence-corrected chi connectivity index (χ0v) is 18.5. The van der Waals surface area contributed by atoms with Crippen LogP contribution in [0.3, 0.4) is 0 Å².